The summed E-state index contributed by atoms with van der Waals surface area (Å²) in [5.41, 5.74) is 1.57. The maximum absolute atomic E-state index is 14.1. The van der Waals surface area contributed by atoms with Crippen molar-refractivity contribution in [3.8, 4) is 11.5 Å². The largest absolute Gasteiger partial charge is 0.508 e. The molecule has 0 saturated carbocycles. The summed E-state index contributed by atoms with van der Waals surface area (Å²) in [6.45, 7) is 1.89. The fourth-order valence-corrected chi connectivity index (χ4v) is 2.92. The van der Waals surface area contributed by atoms with Crippen molar-refractivity contribution in [1.29, 1.82) is 0 Å². The van der Waals surface area contributed by atoms with E-state index in [2.05, 4.69) is 15.3 Å². The molecule has 156 valence electrons. The third-order valence-corrected chi connectivity index (χ3v) is 4.50. The first kappa shape index (κ1) is 20.1. The van der Waals surface area contributed by atoms with E-state index in [1.54, 1.807) is 24.4 Å². The number of nitrogens with one attached hydrogen (secondary N) is 1. The molecule has 0 aliphatic carbocycles. The van der Waals surface area contributed by atoms with Gasteiger partial charge in [-0.1, -0.05) is 6.07 Å². The molecule has 2 aromatic heterocycles. The number of anilines is 1. The van der Waals surface area contributed by atoms with Crippen LogP contribution in [0.2, 0.25) is 0 Å². The fraction of sp³-hybridized carbons (Fsp3) is 0.0870. The molecule has 1 amide bonds. The lowest BCUT2D eigenvalue weighted by atomic mass is 10.1. The van der Waals surface area contributed by atoms with E-state index in [1.807, 2.05) is 13.0 Å². The molecule has 31 heavy (non-hydrogen) atoms. The molecule has 7 nitrogen and oxygen atoms in total. The Morgan fingerprint density at radius 3 is 2.71 bits per heavy atom. The van der Waals surface area contributed by atoms with E-state index in [4.69, 9.17) is 9.15 Å². The van der Waals surface area contributed by atoms with E-state index in [0.29, 0.717) is 16.8 Å². The Bertz CT molecular complexity index is 1350. The number of phenolic OH excluding ortho intramolecular Hbond substituents is 1. The van der Waals surface area contributed by atoms with Crippen LogP contribution in [-0.2, 0) is 0 Å². The molecule has 4 aromatic rings. The number of aryl methyl sites for hydroxylation is 1. The summed E-state index contributed by atoms with van der Waals surface area (Å²) in [5.74, 6) is -0.663. The van der Waals surface area contributed by atoms with Crippen LogP contribution in [0.25, 0.3) is 11.0 Å². The third-order valence-electron chi connectivity index (χ3n) is 4.50. The molecule has 0 saturated heterocycles. The van der Waals surface area contributed by atoms with Gasteiger partial charge in [-0.25, -0.2) is 14.4 Å². The number of rotatable bonds is 4. The quantitative estimate of drug-likeness (QED) is 0.509. The number of fused-ring (bicyclic) bond motifs is 1. The molecule has 0 bridgehead atoms. The number of hydrogen-bond acceptors (Lipinski definition) is 6. The molecule has 0 aliphatic heterocycles. The smallest absolute Gasteiger partial charge is 0.262 e. The van der Waals surface area contributed by atoms with E-state index in [0.717, 1.165) is 5.56 Å². The van der Waals surface area contributed by atoms with Gasteiger partial charge in [0.05, 0.1) is 12.8 Å². The number of benzene rings is 2. The number of aromatic nitrogens is 1. The van der Waals surface area contributed by atoms with Gasteiger partial charge in [0.25, 0.3) is 5.91 Å². The first-order valence-corrected chi connectivity index (χ1v) is 9.32. The molecule has 0 radical (unpaired) electrons. The van der Waals surface area contributed by atoms with Crippen LogP contribution in [0.4, 0.5) is 15.9 Å². The van der Waals surface area contributed by atoms with E-state index in [9.17, 15) is 14.3 Å². The molecule has 0 unspecified atom stereocenters. The number of carbonyl (C=O) groups is 1. The predicted octanol–water partition coefficient (Wildman–Crippen LogP) is 4.47. The summed E-state index contributed by atoms with van der Waals surface area (Å²) in [5, 5.41) is 13.0. The zero-order valence-electron chi connectivity index (χ0n) is 16.7. The first-order chi connectivity index (χ1) is 14.9. The third kappa shape index (κ3) is 4.37. The lowest BCUT2D eigenvalue weighted by molar-refractivity contribution is 0.102. The number of nitrogens with zero attached hydrogens (tertiary/aromatic N) is 2. The van der Waals surface area contributed by atoms with Crippen molar-refractivity contribution in [3.05, 3.63) is 83.3 Å². The number of methoxy groups -OCH3 is 1. The van der Waals surface area contributed by atoms with Crippen molar-refractivity contribution in [1.82, 2.24) is 4.98 Å². The van der Waals surface area contributed by atoms with Crippen molar-refractivity contribution in [2.45, 2.75) is 6.92 Å². The molecule has 0 spiro atoms. The van der Waals surface area contributed by atoms with Gasteiger partial charge in [-0.3, -0.25) is 4.79 Å². The molecule has 0 atom stereocenters. The van der Waals surface area contributed by atoms with Crippen molar-refractivity contribution >= 4 is 28.4 Å². The van der Waals surface area contributed by atoms with Crippen LogP contribution >= 0.6 is 0 Å². The molecule has 2 aromatic carbocycles. The zero-order valence-corrected chi connectivity index (χ0v) is 16.7. The molecule has 8 heteroatoms. The van der Waals surface area contributed by atoms with Gasteiger partial charge in [0, 0.05) is 23.7 Å². The van der Waals surface area contributed by atoms with Gasteiger partial charge in [0.1, 0.15) is 22.7 Å². The summed E-state index contributed by atoms with van der Waals surface area (Å²) >= 11 is 0. The Labute approximate surface area is 176 Å². The standard InChI is InChI=1S/C23H18FN3O4/c1-13-3-8-21(25-12-13)27-22(29)17-9-14-4-6-16(28)11-20(14)31-23(17)26-15-5-7-19(30-2)18(24)10-15/h3-12,28H,1-2H3,(H,25,27,29). The number of amides is 1. The van der Waals surface area contributed by atoms with E-state index >= 15 is 0 Å². The summed E-state index contributed by atoms with van der Waals surface area (Å²) in [6, 6.07) is 13.7. The molecular weight excluding hydrogens is 401 g/mol. The average Bonchev–Trinajstić information content (AvgIpc) is 2.75. The minimum atomic E-state index is -0.600. The van der Waals surface area contributed by atoms with Crippen LogP contribution in [-0.4, -0.2) is 23.1 Å². The molecular formula is C23H18FN3O4. The zero-order chi connectivity index (χ0) is 22.0. The highest BCUT2D eigenvalue weighted by molar-refractivity contribution is 6.05. The Balaban J connectivity index is 1.84. The predicted molar refractivity (Wildman–Crippen MR) is 113 cm³/mol. The van der Waals surface area contributed by atoms with Gasteiger partial charge in [0.15, 0.2) is 11.6 Å². The van der Waals surface area contributed by atoms with Crippen LogP contribution < -0.4 is 15.6 Å². The van der Waals surface area contributed by atoms with Crippen molar-refractivity contribution in [3.63, 3.8) is 0 Å². The van der Waals surface area contributed by atoms with Crippen LogP contribution in [0.1, 0.15) is 15.9 Å². The Hall–Kier alpha value is -4.20. The number of ether oxygens (including phenoxy) is 1. The van der Waals surface area contributed by atoms with Crippen LogP contribution in [0.15, 0.2) is 70.2 Å². The number of pyridine rings is 1. The van der Waals surface area contributed by atoms with Gasteiger partial charge in [-0.2, -0.15) is 0 Å². The second-order valence-corrected chi connectivity index (χ2v) is 6.79. The molecule has 4 rings (SSSR count). The average molecular weight is 419 g/mol. The van der Waals surface area contributed by atoms with Gasteiger partial charge in [0.2, 0.25) is 5.55 Å². The summed E-state index contributed by atoms with van der Waals surface area (Å²) in [6.07, 6.45) is 1.63. The van der Waals surface area contributed by atoms with Crippen molar-refractivity contribution in [2.75, 3.05) is 12.4 Å². The normalized spacial score (nSPS) is 11.5. The van der Waals surface area contributed by atoms with Gasteiger partial charge >= 0.3 is 0 Å². The van der Waals surface area contributed by atoms with Crippen LogP contribution in [0.5, 0.6) is 11.5 Å². The van der Waals surface area contributed by atoms with Crippen LogP contribution in [0.3, 0.4) is 0 Å². The number of hydrogen-bond donors (Lipinski definition) is 2. The summed E-state index contributed by atoms with van der Waals surface area (Å²) in [4.78, 5) is 21.5. The lowest BCUT2D eigenvalue weighted by Gasteiger charge is -2.07. The second kappa shape index (κ2) is 8.27. The Morgan fingerprint density at radius 1 is 1.16 bits per heavy atom. The van der Waals surface area contributed by atoms with Gasteiger partial charge < -0.3 is 19.6 Å². The van der Waals surface area contributed by atoms with E-state index in [-0.39, 0.29) is 28.3 Å². The maximum atomic E-state index is 14.1. The molecule has 2 N–H and O–H groups in total. The minimum absolute atomic E-state index is 0.00116. The van der Waals surface area contributed by atoms with Crippen molar-refractivity contribution in [2.24, 2.45) is 4.99 Å². The highest BCUT2D eigenvalue weighted by Crippen LogP contribution is 2.23. The number of phenols is 1. The SMILES string of the molecule is COc1ccc(N=c2oc3cc(O)ccc3cc2C(=O)Nc2ccc(C)cn2)cc1F. The molecule has 0 fully saturated rings. The number of aromatic hydroxyl groups is 1. The Kier molecular flexibility index (Phi) is 5.36. The summed E-state index contributed by atoms with van der Waals surface area (Å²) in [7, 11) is 1.36. The molecule has 0 aliphatic rings. The topological polar surface area (TPSA) is 97.0 Å². The number of carbonyl (C=O) groups excluding carboxylic acids is 1. The van der Waals surface area contributed by atoms with E-state index in [1.165, 1.54) is 37.4 Å². The van der Waals surface area contributed by atoms with Crippen molar-refractivity contribution < 1.29 is 23.4 Å². The van der Waals surface area contributed by atoms with Crippen LogP contribution in [0, 0.1) is 12.7 Å². The molecule has 2 heterocycles. The monoisotopic (exact) mass is 419 g/mol. The highest BCUT2D eigenvalue weighted by Gasteiger charge is 2.14. The first-order valence-electron chi connectivity index (χ1n) is 9.32. The maximum Gasteiger partial charge on any atom is 0.262 e. The second-order valence-electron chi connectivity index (χ2n) is 6.79. The van der Waals surface area contributed by atoms with Gasteiger partial charge in [-0.05, 0) is 48.9 Å². The van der Waals surface area contributed by atoms with E-state index < -0.39 is 11.7 Å². The summed E-state index contributed by atoms with van der Waals surface area (Å²) < 4.78 is 24.8. The minimum Gasteiger partial charge on any atom is -0.508 e. The highest BCUT2D eigenvalue weighted by atomic mass is 19.1. The lowest BCUT2D eigenvalue weighted by Crippen LogP contribution is -2.22. The van der Waals surface area contributed by atoms with Gasteiger partial charge in [-0.15, -0.1) is 0 Å². The Morgan fingerprint density at radius 2 is 2.00 bits per heavy atom. The fourth-order valence-electron chi connectivity index (χ4n) is 2.92. The number of halogens is 1.